The number of nitrogens with zero attached hydrogens (tertiary/aromatic N) is 1. The number of rotatable bonds is 6. The molecule has 2 N–H and O–H groups in total. The zero-order valence-electron chi connectivity index (χ0n) is 15.5. The van der Waals surface area contributed by atoms with Crippen LogP contribution in [0.2, 0.25) is 0 Å². The summed E-state index contributed by atoms with van der Waals surface area (Å²) < 4.78 is 25.5. The Morgan fingerprint density at radius 2 is 1.77 bits per heavy atom. The van der Waals surface area contributed by atoms with Gasteiger partial charge < -0.3 is 10.6 Å². The van der Waals surface area contributed by atoms with Gasteiger partial charge in [-0.3, -0.25) is 0 Å². The molecule has 0 aliphatic carbocycles. The van der Waals surface area contributed by atoms with Crippen molar-refractivity contribution in [3.63, 3.8) is 0 Å². The van der Waals surface area contributed by atoms with Gasteiger partial charge in [0.25, 0.3) is 0 Å². The third-order valence-electron chi connectivity index (χ3n) is 4.11. The van der Waals surface area contributed by atoms with Crippen molar-refractivity contribution in [2.75, 3.05) is 19.4 Å². The fourth-order valence-corrected chi connectivity index (χ4v) is 3.38. The Hall–Kier alpha value is -2.38. The number of urea groups is 1. The summed E-state index contributed by atoms with van der Waals surface area (Å²) in [6, 6.07) is 13.7. The standard InChI is InChI=1S/C19H25N3O3S/c1-5-15-9-11-16(12-10-15)14(2)20-19(23)21-17-7-6-8-18(13-17)26(24,25)22(3)4/h6-14H,5H2,1-4H3,(H2,20,21,23). The highest BCUT2D eigenvalue weighted by molar-refractivity contribution is 7.89. The van der Waals surface area contributed by atoms with Crippen LogP contribution in [-0.4, -0.2) is 32.8 Å². The lowest BCUT2D eigenvalue weighted by Gasteiger charge is -2.16. The lowest BCUT2D eigenvalue weighted by atomic mass is 10.1. The third-order valence-corrected chi connectivity index (χ3v) is 5.92. The maximum Gasteiger partial charge on any atom is 0.319 e. The second-order valence-corrected chi connectivity index (χ2v) is 8.38. The van der Waals surface area contributed by atoms with Crippen molar-refractivity contribution < 1.29 is 13.2 Å². The van der Waals surface area contributed by atoms with E-state index in [2.05, 4.69) is 17.6 Å². The van der Waals surface area contributed by atoms with Crippen LogP contribution in [0.1, 0.15) is 31.0 Å². The zero-order valence-corrected chi connectivity index (χ0v) is 16.3. The van der Waals surface area contributed by atoms with Crippen molar-refractivity contribution in [2.45, 2.75) is 31.2 Å². The summed E-state index contributed by atoms with van der Waals surface area (Å²) in [5.41, 5.74) is 2.66. The summed E-state index contributed by atoms with van der Waals surface area (Å²) in [7, 11) is -0.614. The minimum Gasteiger partial charge on any atom is -0.331 e. The van der Waals surface area contributed by atoms with Gasteiger partial charge in [-0.2, -0.15) is 0 Å². The minimum atomic E-state index is -3.55. The highest BCUT2D eigenvalue weighted by Gasteiger charge is 2.18. The summed E-state index contributed by atoms with van der Waals surface area (Å²) in [4.78, 5) is 12.4. The SMILES string of the molecule is CCc1ccc(C(C)NC(=O)Nc2cccc(S(=O)(=O)N(C)C)c2)cc1. The summed E-state index contributed by atoms with van der Waals surface area (Å²) in [6.45, 7) is 3.99. The topological polar surface area (TPSA) is 78.5 Å². The van der Waals surface area contributed by atoms with Crippen LogP contribution in [0.3, 0.4) is 0 Å². The molecule has 0 aromatic heterocycles. The van der Waals surface area contributed by atoms with Crippen molar-refractivity contribution in [1.82, 2.24) is 9.62 Å². The molecule has 0 heterocycles. The van der Waals surface area contributed by atoms with E-state index in [1.165, 1.54) is 31.8 Å². The third kappa shape index (κ3) is 4.83. The highest BCUT2D eigenvalue weighted by Crippen LogP contribution is 2.18. The maximum absolute atomic E-state index is 12.2. The average molecular weight is 375 g/mol. The first-order valence-corrected chi connectivity index (χ1v) is 9.87. The van der Waals surface area contributed by atoms with Gasteiger partial charge in [0.2, 0.25) is 10.0 Å². The molecule has 0 aliphatic heterocycles. The molecule has 0 saturated heterocycles. The molecule has 0 spiro atoms. The number of carbonyl (C=O) groups is 1. The summed E-state index contributed by atoms with van der Waals surface area (Å²) in [6.07, 6.45) is 0.967. The van der Waals surface area contributed by atoms with Gasteiger partial charge >= 0.3 is 6.03 Å². The van der Waals surface area contributed by atoms with E-state index in [0.29, 0.717) is 5.69 Å². The molecule has 1 atom stereocenters. The minimum absolute atomic E-state index is 0.128. The van der Waals surface area contributed by atoms with Gasteiger partial charge in [-0.1, -0.05) is 37.3 Å². The van der Waals surface area contributed by atoms with E-state index in [4.69, 9.17) is 0 Å². The van der Waals surface area contributed by atoms with Gasteiger partial charge in [-0.15, -0.1) is 0 Å². The first-order chi connectivity index (χ1) is 12.2. The van der Waals surface area contributed by atoms with E-state index in [-0.39, 0.29) is 10.9 Å². The van der Waals surface area contributed by atoms with Gasteiger partial charge in [0.05, 0.1) is 10.9 Å². The van der Waals surface area contributed by atoms with E-state index >= 15 is 0 Å². The monoisotopic (exact) mass is 375 g/mol. The summed E-state index contributed by atoms with van der Waals surface area (Å²) in [5, 5.41) is 5.54. The number of hydrogen-bond acceptors (Lipinski definition) is 3. The molecule has 0 aliphatic rings. The van der Waals surface area contributed by atoms with Gasteiger partial charge in [-0.05, 0) is 42.7 Å². The first-order valence-electron chi connectivity index (χ1n) is 8.43. The Morgan fingerprint density at radius 3 is 2.35 bits per heavy atom. The zero-order chi connectivity index (χ0) is 19.3. The van der Waals surface area contributed by atoms with Gasteiger partial charge in [0, 0.05) is 19.8 Å². The Kier molecular flexibility index (Phi) is 6.39. The number of carbonyl (C=O) groups excluding carboxylic acids is 1. The first kappa shape index (κ1) is 19.9. The molecule has 7 heteroatoms. The number of aryl methyl sites for hydroxylation is 1. The summed E-state index contributed by atoms with van der Waals surface area (Å²) in [5.74, 6) is 0. The van der Waals surface area contributed by atoms with E-state index < -0.39 is 16.1 Å². The predicted octanol–water partition coefficient (Wildman–Crippen LogP) is 3.38. The fourth-order valence-electron chi connectivity index (χ4n) is 2.43. The van der Waals surface area contributed by atoms with Crippen LogP contribution in [0.4, 0.5) is 10.5 Å². The molecular formula is C19H25N3O3S. The number of hydrogen-bond donors (Lipinski definition) is 2. The highest BCUT2D eigenvalue weighted by atomic mass is 32.2. The number of anilines is 1. The Labute approximate surface area is 155 Å². The van der Waals surface area contributed by atoms with Gasteiger partial charge in [0.1, 0.15) is 0 Å². The van der Waals surface area contributed by atoms with Crippen molar-refractivity contribution >= 4 is 21.7 Å². The van der Waals surface area contributed by atoms with Crippen LogP contribution in [-0.2, 0) is 16.4 Å². The van der Waals surface area contributed by atoms with E-state index in [9.17, 15) is 13.2 Å². The van der Waals surface area contributed by atoms with Crippen LogP contribution in [0.25, 0.3) is 0 Å². The van der Waals surface area contributed by atoms with Gasteiger partial charge in [0.15, 0.2) is 0 Å². The van der Waals surface area contributed by atoms with Crippen molar-refractivity contribution in [2.24, 2.45) is 0 Å². The predicted molar refractivity (Wildman–Crippen MR) is 104 cm³/mol. The molecule has 26 heavy (non-hydrogen) atoms. The van der Waals surface area contributed by atoms with Crippen LogP contribution < -0.4 is 10.6 Å². The van der Waals surface area contributed by atoms with E-state index in [1.54, 1.807) is 12.1 Å². The maximum atomic E-state index is 12.2. The molecular weight excluding hydrogens is 350 g/mol. The van der Waals surface area contributed by atoms with Crippen LogP contribution in [0, 0.1) is 0 Å². The molecule has 140 valence electrons. The van der Waals surface area contributed by atoms with Gasteiger partial charge in [-0.25, -0.2) is 17.5 Å². The van der Waals surface area contributed by atoms with Crippen LogP contribution >= 0.6 is 0 Å². The molecule has 2 amide bonds. The second-order valence-electron chi connectivity index (χ2n) is 6.23. The van der Waals surface area contributed by atoms with Crippen molar-refractivity contribution in [3.05, 3.63) is 59.7 Å². The lowest BCUT2D eigenvalue weighted by Crippen LogP contribution is -2.31. The molecule has 2 aromatic rings. The lowest BCUT2D eigenvalue weighted by molar-refractivity contribution is 0.249. The largest absolute Gasteiger partial charge is 0.331 e. The summed E-state index contributed by atoms with van der Waals surface area (Å²) >= 11 is 0. The Morgan fingerprint density at radius 1 is 1.12 bits per heavy atom. The molecule has 2 rings (SSSR count). The van der Waals surface area contributed by atoms with E-state index in [0.717, 1.165) is 16.3 Å². The van der Waals surface area contributed by atoms with Crippen molar-refractivity contribution in [3.8, 4) is 0 Å². The number of amides is 2. The number of benzene rings is 2. The molecule has 0 saturated carbocycles. The Bertz CT molecular complexity index is 862. The smallest absolute Gasteiger partial charge is 0.319 e. The van der Waals surface area contributed by atoms with Crippen LogP contribution in [0.15, 0.2) is 53.4 Å². The molecule has 0 radical (unpaired) electrons. The quantitative estimate of drug-likeness (QED) is 0.812. The molecule has 0 bridgehead atoms. The molecule has 6 nitrogen and oxygen atoms in total. The molecule has 2 aromatic carbocycles. The normalized spacial score (nSPS) is 12.7. The molecule has 0 fully saturated rings. The number of sulfonamides is 1. The second kappa shape index (κ2) is 8.33. The average Bonchev–Trinajstić information content (AvgIpc) is 2.61. The van der Waals surface area contributed by atoms with Crippen molar-refractivity contribution in [1.29, 1.82) is 0 Å². The van der Waals surface area contributed by atoms with Crippen LogP contribution in [0.5, 0.6) is 0 Å². The molecule has 1 unspecified atom stereocenters. The Balaban J connectivity index is 2.05. The van der Waals surface area contributed by atoms with E-state index in [1.807, 2.05) is 31.2 Å². The fraction of sp³-hybridized carbons (Fsp3) is 0.316. The number of nitrogens with one attached hydrogen (secondary N) is 2.